The molecule has 116 valence electrons. The molecule has 0 spiro atoms. The van der Waals surface area contributed by atoms with Gasteiger partial charge in [0.05, 0.1) is 5.41 Å². The highest BCUT2D eigenvalue weighted by atomic mass is 16.2. The molecule has 0 aromatic rings. The van der Waals surface area contributed by atoms with Gasteiger partial charge in [-0.05, 0) is 31.1 Å². The lowest BCUT2D eigenvalue weighted by molar-refractivity contribution is -0.133. The van der Waals surface area contributed by atoms with E-state index in [-0.39, 0.29) is 11.3 Å². The van der Waals surface area contributed by atoms with Gasteiger partial charge in [0.25, 0.3) is 0 Å². The highest BCUT2D eigenvalue weighted by Crippen LogP contribution is 2.36. The Balaban J connectivity index is 2.01. The van der Waals surface area contributed by atoms with Gasteiger partial charge in [0.1, 0.15) is 0 Å². The first-order valence-electron chi connectivity index (χ1n) is 8.60. The molecule has 0 bridgehead atoms. The van der Waals surface area contributed by atoms with Crippen LogP contribution in [0.5, 0.6) is 0 Å². The molecular weight excluding hydrogens is 248 g/mol. The smallest absolute Gasteiger partial charge is 0.227 e. The Hall–Kier alpha value is -0.570. The van der Waals surface area contributed by atoms with Crippen molar-refractivity contribution in [1.82, 2.24) is 5.32 Å². The van der Waals surface area contributed by atoms with Gasteiger partial charge in [-0.3, -0.25) is 4.79 Å². The van der Waals surface area contributed by atoms with Gasteiger partial charge >= 0.3 is 0 Å². The molecule has 2 aliphatic rings. The first-order valence-corrected chi connectivity index (χ1v) is 8.60. The van der Waals surface area contributed by atoms with E-state index in [1.165, 1.54) is 25.7 Å². The molecule has 2 aliphatic carbocycles. The normalized spacial score (nSPS) is 34.2. The number of amides is 1. The van der Waals surface area contributed by atoms with Crippen molar-refractivity contribution >= 4 is 5.91 Å². The van der Waals surface area contributed by atoms with E-state index in [9.17, 15) is 4.79 Å². The van der Waals surface area contributed by atoms with E-state index in [2.05, 4.69) is 19.2 Å². The van der Waals surface area contributed by atoms with Crippen LogP contribution in [0.1, 0.15) is 71.6 Å². The Morgan fingerprint density at radius 3 is 2.35 bits per heavy atom. The Bertz CT molecular complexity index is 321. The molecule has 3 nitrogen and oxygen atoms in total. The average Bonchev–Trinajstić information content (AvgIpc) is 2.70. The van der Waals surface area contributed by atoms with E-state index >= 15 is 0 Å². The molecule has 2 fully saturated rings. The van der Waals surface area contributed by atoms with Gasteiger partial charge in [0.15, 0.2) is 0 Å². The van der Waals surface area contributed by atoms with E-state index in [0.717, 1.165) is 38.0 Å². The van der Waals surface area contributed by atoms with Crippen LogP contribution < -0.4 is 11.1 Å². The minimum Gasteiger partial charge on any atom is -0.353 e. The maximum absolute atomic E-state index is 12.8. The summed E-state index contributed by atoms with van der Waals surface area (Å²) in [6, 6.07) is 0.359. The lowest BCUT2D eigenvalue weighted by Gasteiger charge is -2.38. The van der Waals surface area contributed by atoms with Gasteiger partial charge in [-0.2, -0.15) is 0 Å². The number of hydrogen-bond acceptors (Lipinski definition) is 2. The third kappa shape index (κ3) is 3.36. The molecule has 3 heteroatoms. The number of hydrogen-bond donors (Lipinski definition) is 2. The molecule has 3 atom stereocenters. The zero-order chi connectivity index (χ0) is 14.6. The monoisotopic (exact) mass is 280 g/mol. The third-order valence-electron chi connectivity index (χ3n) is 5.96. The lowest BCUT2D eigenvalue weighted by Crippen LogP contribution is -2.52. The van der Waals surface area contributed by atoms with Crippen LogP contribution in [0.2, 0.25) is 0 Å². The van der Waals surface area contributed by atoms with Crippen LogP contribution in [-0.2, 0) is 4.79 Å². The second-order valence-electron chi connectivity index (χ2n) is 7.25. The average molecular weight is 280 g/mol. The predicted octanol–water partition coefficient (Wildman–Crippen LogP) is 3.23. The van der Waals surface area contributed by atoms with Crippen molar-refractivity contribution in [2.45, 2.75) is 77.7 Å². The number of nitrogens with two attached hydrogens (primary N) is 1. The maximum atomic E-state index is 12.8. The summed E-state index contributed by atoms with van der Waals surface area (Å²) in [5, 5.41) is 3.37. The standard InChI is InChI=1S/C17H32N2O/c1-13-8-7-9-15(14(13)2)19-16(20)17(12-18)10-5-3-4-6-11-17/h13-15H,3-12,18H2,1-2H3,(H,19,20). The largest absolute Gasteiger partial charge is 0.353 e. The van der Waals surface area contributed by atoms with Crippen LogP contribution in [0.4, 0.5) is 0 Å². The minimum absolute atomic E-state index is 0.243. The van der Waals surface area contributed by atoms with Gasteiger partial charge in [-0.1, -0.05) is 52.4 Å². The first-order chi connectivity index (χ1) is 9.59. The van der Waals surface area contributed by atoms with E-state index in [1.54, 1.807) is 0 Å². The number of carbonyl (C=O) groups excluding carboxylic acids is 1. The molecule has 0 aromatic carbocycles. The van der Waals surface area contributed by atoms with Crippen molar-refractivity contribution in [2.24, 2.45) is 23.0 Å². The second kappa shape index (κ2) is 6.93. The van der Waals surface area contributed by atoms with Gasteiger partial charge in [-0.25, -0.2) is 0 Å². The molecular formula is C17H32N2O. The predicted molar refractivity (Wildman–Crippen MR) is 83.3 cm³/mol. The van der Waals surface area contributed by atoms with Crippen LogP contribution in [0, 0.1) is 17.3 Å². The quantitative estimate of drug-likeness (QED) is 0.780. The fourth-order valence-electron chi connectivity index (χ4n) is 4.04. The first kappa shape index (κ1) is 15.8. The highest BCUT2D eigenvalue weighted by Gasteiger charge is 2.39. The van der Waals surface area contributed by atoms with E-state index < -0.39 is 0 Å². The van der Waals surface area contributed by atoms with E-state index in [0.29, 0.717) is 18.5 Å². The SMILES string of the molecule is CC1CCCC(NC(=O)C2(CN)CCCCCC2)C1C. The van der Waals surface area contributed by atoms with E-state index in [4.69, 9.17) is 5.73 Å². The summed E-state index contributed by atoms with van der Waals surface area (Å²) in [6.45, 7) is 5.11. The van der Waals surface area contributed by atoms with Crippen molar-refractivity contribution in [2.75, 3.05) is 6.54 Å². The van der Waals surface area contributed by atoms with Gasteiger partial charge in [0.2, 0.25) is 5.91 Å². The number of nitrogens with one attached hydrogen (secondary N) is 1. The second-order valence-corrected chi connectivity index (χ2v) is 7.25. The highest BCUT2D eigenvalue weighted by molar-refractivity contribution is 5.83. The number of rotatable bonds is 3. The summed E-state index contributed by atoms with van der Waals surface area (Å²) < 4.78 is 0. The van der Waals surface area contributed by atoms with Crippen LogP contribution in [0.3, 0.4) is 0 Å². The molecule has 0 radical (unpaired) electrons. The zero-order valence-corrected chi connectivity index (χ0v) is 13.3. The van der Waals surface area contributed by atoms with Crippen molar-refractivity contribution in [3.05, 3.63) is 0 Å². The molecule has 2 saturated carbocycles. The lowest BCUT2D eigenvalue weighted by atomic mass is 9.76. The molecule has 3 N–H and O–H groups in total. The summed E-state index contributed by atoms with van der Waals surface area (Å²) in [7, 11) is 0. The summed E-state index contributed by atoms with van der Waals surface area (Å²) in [6.07, 6.45) is 10.5. The Labute approximate surface area is 124 Å². The molecule has 3 unspecified atom stereocenters. The van der Waals surface area contributed by atoms with Crippen LogP contribution >= 0.6 is 0 Å². The molecule has 2 rings (SSSR count). The van der Waals surface area contributed by atoms with Crippen molar-refractivity contribution in [1.29, 1.82) is 0 Å². The minimum atomic E-state index is -0.281. The Morgan fingerprint density at radius 1 is 1.10 bits per heavy atom. The fourth-order valence-corrected chi connectivity index (χ4v) is 4.04. The van der Waals surface area contributed by atoms with E-state index in [1.807, 2.05) is 0 Å². The maximum Gasteiger partial charge on any atom is 0.227 e. The fraction of sp³-hybridized carbons (Fsp3) is 0.941. The molecule has 0 aromatic heterocycles. The van der Waals surface area contributed by atoms with Gasteiger partial charge in [0, 0.05) is 12.6 Å². The van der Waals surface area contributed by atoms with Crippen molar-refractivity contribution in [3.63, 3.8) is 0 Å². The van der Waals surface area contributed by atoms with Crippen LogP contribution in [0.25, 0.3) is 0 Å². The van der Waals surface area contributed by atoms with Crippen LogP contribution in [0.15, 0.2) is 0 Å². The van der Waals surface area contributed by atoms with Crippen molar-refractivity contribution < 1.29 is 4.79 Å². The molecule has 0 heterocycles. The topological polar surface area (TPSA) is 55.1 Å². The Morgan fingerprint density at radius 2 is 1.75 bits per heavy atom. The zero-order valence-electron chi connectivity index (χ0n) is 13.3. The van der Waals surface area contributed by atoms with Gasteiger partial charge in [-0.15, -0.1) is 0 Å². The van der Waals surface area contributed by atoms with Crippen LogP contribution in [-0.4, -0.2) is 18.5 Å². The van der Waals surface area contributed by atoms with Crippen molar-refractivity contribution in [3.8, 4) is 0 Å². The third-order valence-corrected chi connectivity index (χ3v) is 5.96. The molecule has 1 amide bonds. The molecule has 20 heavy (non-hydrogen) atoms. The number of carbonyl (C=O) groups is 1. The van der Waals surface area contributed by atoms with Gasteiger partial charge < -0.3 is 11.1 Å². The summed E-state index contributed by atoms with van der Waals surface area (Å²) in [4.78, 5) is 12.8. The molecule has 0 aliphatic heterocycles. The molecule has 0 saturated heterocycles. The summed E-state index contributed by atoms with van der Waals surface area (Å²) >= 11 is 0. The summed E-state index contributed by atoms with van der Waals surface area (Å²) in [5.74, 6) is 1.55. The Kier molecular flexibility index (Phi) is 5.48. The summed E-state index contributed by atoms with van der Waals surface area (Å²) in [5.41, 5.74) is 5.73.